The number of benzene rings is 3. The Balaban J connectivity index is 1.26. The largest absolute Gasteiger partial charge is 0.488 e. The highest BCUT2D eigenvalue weighted by molar-refractivity contribution is 6.31. The van der Waals surface area contributed by atoms with E-state index >= 15 is 0 Å². The molecule has 2 amide bonds. The van der Waals surface area contributed by atoms with Gasteiger partial charge < -0.3 is 24.7 Å². The summed E-state index contributed by atoms with van der Waals surface area (Å²) in [7, 11) is 0. The molecule has 3 aromatic carbocycles. The first-order valence-corrected chi connectivity index (χ1v) is 17.7. The molecule has 4 atom stereocenters. The fourth-order valence-corrected chi connectivity index (χ4v) is 7.32. The van der Waals surface area contributed by atoms with E-state index in [4.69, 9.17) is 16.3 Å². The van der Waals surface area contributed by atoms with Crippen LogP contribution in [0.3, 0.4) is 0 Å². The Morgan fingerprint density at radius 1 is 1.02 bits per heavy atom. The third-order valence-electron chi connectivity index (χ3n) is 9.79. The van der Waals surface area contributed by atoms with Crippen LogP contribution in [0.25, 0.3) is 0 Å². The number of aliphatic hydroxyl groups excluding tert-OH is 1. The molecule has 274 valence electrons. The summed E-state index contributed by atoms with van der Waals surface area (Å²) in [6, 6.07) is 14.8. The number of carboxylic acid groups (broad SMARTS) is 1. The van der Waals surface area contributed by atoms with Crippen LogP contribution in [0.4, 0.5) is 13.2 Å². The van der Waals surface area contributed by atoms with Crippen molar-refractivity contribution in [3.8, 4) is 17.6 Å². The maximum atomic E-state index is 14.9. The first kappa shape index (κ1) is 37.2. The standard InChI is InChI=1S/C39H39ClF3N3O6/c40-30-8-2-1-6-25(30)17-19-45(28-13-14-28)38(51)37-39(18-3-7-27(44-39)23-46(37)33(48)21-29(47)22-34(49)50)26-11-9-24(10-12-26)5-4-20-52-36-32(42)16-15-31(41)35(36)43/h1-2,6,8-12,15-16,27-29,37,44,47H,4-5,13-14,17-23H2,(H,49,50)/t27-,29+,37-,39+/m0/s1. The molecule has 0 radical (unpaired) electrons. The number of amides is 2. The van der Waals surface area contributed by atoms with Gasteiger partial charge in [0.2, 0.25) is 17.6 Å². The number of hydrogen-bond donors (Lipinski definition) is 3. The van der Waals surface area contributed by atoms with Crippen LogP contribution in [0.2, 0.25) is 5.02 Å². The number of nitrogens with one attached hydrogen (secondary N) is 1. The fourth-order valence-electron chi connectivity index (χ4n) is 7.09. The summed E-state index contributed by atoms with van der Waals surface area (Å²) in [6.07, 6.45) is 0.632. The van der Waals surface area contributed by atoms with Crippen LogP contribution in [-0.4, -0.2) is 81.7 Å². The predicted molar refractivity (Wildman–Crippen MR) is 186 cm³/mol. The number of carbonyl (C=O) groups is 3. The topological polar surface area (TPSA) is 119 Å². The van der Waals surface area contributed by atoms with E-state index in [9.17, 15) is 37.8 Å². The molecule has 52 heavy (non-hydrogen) atoms. The minimum absolute atomic E-state index is 0.0205. The number of aliphatic carboxylic acids is 1. The van der Waals surface area contributed by atoms with Gasteiger partial charge in [-0.15, -0.1) is 0 Å². The maximum Gasteiger partial charge on any atom is 0.305 e. The lowest BCUT2D eigenvalue weighted by Gasteiger charge is -2.53. The van der Waals surface area contributed by atoms with Gasteiger partial charge in [0.25, 0.3) is 0 Å². The minimum Gasteiger partial charge on any atom is -0.488 e. The van der Waals surface area contributed by atoms with Gasteiger partial charge in [0.05, 0.1) is 37.1 Å². The molecule has 2 aliphatic heterocycles. The van der Waals surface area contributed by atoms with Crippen molar-refractivity contribution in [3.05, 3.63) is 99.8 Å². The molecule has 6 rings (SSSR count). The molecule has 3 N–H and O–H groups in total. The highest BCUT2D eigenvalue weighted by atomic mass is 35.5. The number of fused-ring (bicyclic) bond motifs is 2. The average Bonchev–Trinajstić information content (AvgIpc) is 3.95. The van der Waals surface area contributed by atoms with Gasteiger partial charge in [0.1, 0.15) is 6.04 Å². The SMILES string of the molecule is O=C(O)C[C@H](O)CC(=O)N1C[C@@H]2C#CC[C@](c3ccc(CCCOc4c(F)ccc(F)c4F)cc3)(N2)[C@@H]1C(=O)N(CCc1ccccc1Cl)C1CC1. The molecule has 3 aromatic rings. The zero-order chi connectivity index (χ0) is 37.0. The monoisotopic (exact) mass is 737 g/mol. The van der Waals surface area contributed by atoms with Crippen molar-refractivity contribution in [3.63, 3.8) is 0 Å². The predicted octanol–water partition coefficient (Wildman–Crippen LogP) is 5.00. The third-order valence-corrected chi connectivity index (χ3v) is 10.2. The van der Waals surface area contributed by atoms with E-state index in [0.717, 1.165) is 30.0 Å². The zero-order valence-corrected chi connectivity index (χ0v) is 29.1. The second kappa shape index (κ2) is 16.0. The Bertz CT molecular complexity index is 1880. The van der Waals surface area contributed by atoms with Crippen molar-refractivity contribution < 1.29 is 42.5 Å². The van der Waals surface area contributed by atoms with Crippen LogP contribution in [-0.2, 0) is 32.8 Å². The number of rotatable bonds is 15. The molecule has 1 saturated carbocycles. The molecule has 2 bridgehead atoms. The molecule has 0 spiro atoms. The number of halogens is 4. The van der Waals surface area contributed by atoms with Crippen molar-refractivity contribution in [2.75, 3.05) is 19.7 Å². The van der Waals surface area contributed by atoms with Gasteiger partial charge >= 0.3 is 5.97 Å². The van der Waals surface area contributed by atoms with E-state index < -0.39 is 71.6 Å². The molecular weight excluding hydrogens is 699 g/mol. The van der Waals surface area contributed by atoms with Crippen molar-refractivity contribution >= 4 is 29.4 Å². The van der Waals surface area contributed by atoms with Gasteiger partial charge in [-0.05, 0) is 67.0 Å². The molecule has 13 heteroatoms. The van der Waals surface area contributed by atoms with Gasteiger partial charge in [-0.2, -0.15) is 4.39 Å². The smallest absolute Gasteiger partial charge is 0.305 e. The van der Waals surface area contributed by atoms with Crippen LogP contribution in [0.15, 0.2) is 60.7 Å². The lowest BCUT2D eigenvalue weighted by atomic mass is 9.73. The van der Waals surface area contributed by atoms with Crippen molar-refractivity contribution in [1.29, 1.82) is 0 Å². The number of carbonyl (C=O) groups excluding carboxylic acids is 2. The van der Waals surface area contributed by atoms with Gasteiger partial charge in [-0.1, -0.05) is 65.9 Å². The number of hydrogen-bond acceptors (Lipinski definition) is 6. The molecule has 2 heterocycles. The van der Waals surface area contributed by atoms with Crippen LogP contribution >= 0.6 is 11.6 Å². The molecule has 0 unspecified atom stereocenters. The summed E-state index contributed by atoms with van der Waals surface area (Å²) < 4.78 is 46.7. The molecule has 1 saturated heterocycles. The summed E-state index contributed by atoms with van der Waals surface area (Å²) in [5.74, 6) is -0.0767. The van der Waals surface area contributed by atoms with E-state index in [0.29, 0.717) is 42.5 Å². The van der Waals surface area contributed by atoms with Gasteiger partial charge in [-0.3, -0.25) is 19.7 Å². The highest BCUT2D eigenvalue weighted by Crippen LogP contribution is 2.41. The second-order valence-corrected chi connectivity index (χ2v) is 13.9. The van der Waals surface area contributed by atoms with E-state index in [2.05, 4.69) is 17.2 Å². The highest BCUT2D eigenvalue weighted by Gasteiger charge is 2.56. The van der Waals surface area contributed by atoms with Gasteiger partial charge in [-0.25, -0.2) is 8.78 Å². The van der Waals surface area contributed by atoms with E-state index in [1.165, 1.54) is 4.90 Å². The van der Waals surface area contributed by atoms with Crippen molar-refractivity contribution in [2.24, 2.45) is 0 Å². The molecule has 0 aromatic heterocycles. The Hall–Kier alpha value is -4.57. The first-order valence-electron chi connectivity index (χ1n) is 17.3. The number of aliphatic hydroxyl groups is 1. The fraction of sp³-hybridized carbons (Fsp3) is 0.410. The third kappa shape index (κ3) is 8.22. The Kier molecular flexibility index (Phi) is 11.4. The van der Waals surface area contributed by atoms with Crippen molar-refractivity contribution in [2.45, 2.75) is 81.1 Å². The Morgan fingerprint density at radius 2 is 1.75 bits per heavy atom. The molecule has 2 fully saturated rings. The second-order valence-electron chi connectivity index (χ2n) is 13.5. The van der Waals surface area contributed by atoms with E-state index in [1.54, 1.807) is 6.07 Å². The first-order chi connectivity index (χ1) is 25.0. The summed E-state index contributed by atoms with van der Waals surface area (Å²) in [5, 5.41) is 23.8. The van der Waals surface area contributed by atoms with E-state index in [-0.39, 0.29) is 31.5 Å². The summed E-state index contributed by atoms with van der Waals surface area (Å²) in [5.41, 5.74) is 1.33. The Morgan fingerprint density at radius 3 is 2.46 bits per heavy atom. The van der Waals surface area contributed by atoms with Gasteiger partial charge in [0.15, 0.2) is 17.4 Å². The van der Waals surface area contributed by atoms with Crippen LogP contribution in [0, 0.1) is 29.3 Å². The van der Waals surface area contributed by atoms with Crippen molar-refractivity contribution in [1.82, 2.24) is 15.1 Å². The summed E-state index contributed by atoms with van der Waals surface area (Å²) in [4.78, 5) is 43.4. The lowest BCUT2D eigenvalue weighted by Crippen LogP contribution is -2.74. The van der Waals surface area contributed by atoms with E-state index in [1.807, 2.05) is 47.4 Å². The molecule has 3 aliphatic rings. The molecular formula is C39H39ClF3N3O6. The average molecular weight is 738 g/mol. The van der Waals surface area contributed by atoms with Gasteiger partial charge in [0, 0.05) is 30.6 Å². The quantitative estimate of drug-likeness (QED) is 0.114. The number of aryl methyl sites for hydroxylation is 1. The Labute approximate surface area is 304 Å². The number of carboxylic acids is 1. The number of piperazine rings is 1. The van der Waals surface area contributed by atoms with Crippen LogP contribution < -0.4 is 10.1 Å². The molecule has 9 nitrogen and oxygen atoms in total. The summed E-state index contributed by atoms with van der Waals surface area (Å²) in [6.45, 7) is 0.370. The zero-order valence-electron chi connectivity index (χ0n) is 28.3. The number of ether oxygens (including phenoxy) is 1. The summed E-state index contributed by atoms with van der Waals surface area (Å²) >= 11 is 6.45. The minimum atomic E-state index is -1.44. The number of nitrogens with zero attached hydrogens (tertiary/aromatic N) is 2. The van der Waals surface area contributed by atoms with Crippen LogP contribution in [0.1, 0.15) is 55.2 Å². The van der Waals surface area contributed by atoms with Crippen LogP contribution in [0.5, 0.6) is 5.75 Å². The maximum absolute atomic E-state index is 14.9. The normalized spacial score (nSPS) is 21.1. The lowest BCUT2D eigenvalue weighted by molar-refractivity contribution is -0.155. The molecule has 1 aliphatic carbocycles.